The highest BCUT2D eigenvalue weighted by atomic mass is 16.4. The van der Waals surface area contributed by atoms with Gasteiger partial charge in [-0.2, -0.15) is 5.10 Å². The van der Waals surface area contributed by atoms with E-state index in [0.717, 1.165) is 25.0 Å². The van der Waals surface area contributed by atoms with E-state index >= 15 is 0 Å². The lowest BCUT2D eigenvalue weighted by molar-refractivity contribution is -0.115. The second-order valence-corrected chi connectivity index (χ2v) is 7.83. The highest BCUT2D eigenvalue weighted by Crippen LogP contribution is 2.37. The Bertz CT molecular complexity index is 859. The zero-order valence-corrected chi connectivity index (χ0v) is 17.3. The van der Waals surface area contributed by atoms with E-state index in [9.17, 15) is 19.8 Å². The highest BCUT2D eigenvalue weighted by Gasteiger charge is 2.34. The minimum Gasteiger partial charge on any atom is -0.465 e. The molecule has 4 N–H and O–H groups in total. The number of aromatic amines is 1. The summed E-state index contributed by atoms with van der Waals surface area (Å²) in [6.45, 7) is 3.98. The fraction of sp³-hybridized carbons (Fsp3) is 0.600. The molecule has 3 rings (SSSR count). The van der Waals surface area contributed by atoms with Crippen molar-refractivity contribution in [2.75, 3.05) is 18.5 Å². The van der Waals surface area contributed by atoms with Crippen LogP contribution in [0.5, 0.6) is 0 Å². The molecule has 2 amide bonds. The van der Waals surface area contributed by atoms with Gasteiger partial charge in [-0.15, -0.1) is 0 Å². The first kappa shape index (κ1) is 21.8. The summed E-state index contributed by atoms with van der Waals surface area (Å²) in [5.74, 6) is 1.26. The standard InChI is InChI=1S/C20H29N5O5/c1-3-13(11-26)10-25(20(28)29)15-5-4-14(6-15)17-8-18(24-23-17)22-19(27)7-16-9-21-12(2)30-16/h8-9,13-15,26H,3-7,10-11H2,1-2H3,(H,28,29)(H2,22,23,24,27)/t13?,14-,15+/m0/s1. The molecule has 2 aromatic rings. The molecule has 10 nitrogen and oxygen atoms in total. The van der Waals surface area contributed by atoms with Crippen molar-refractivity contribution in [3.05, 3.63) is 29.6 Å². The monoisotopic (exact) mass is 419 g/mol. The second kappa shape index (κ2) is 9.75. The lowest BCUT2D eigenvalue weighted by Gasteiger charge is -2.29. The molecule has 2 aromatic heterocycles. The largest absolute Gasteiger partial charge is 0.465 e. The third-order valence-electron chi connectivity index (χ3n) is 5.69. The van der Waals surface area contributed by atoms with Crippen molar-refractivity contribution < 1.29 is 24.2 Å². The quantitative estimate of drug-likeness (QED) is 0.489. The van der Waals surface area contributed by atoms with Crippen LogP contribution in [0.4, 0.5) is 10.6 Å². The van der Waals surface area contributed by atoms with Crippen molar-refractivity contribution in [2.24, 2.45) is 5.92 Å². The molecule has 1 aliphatic carbocycles. The van der Waals surface area contributed by atoms with Crippen LogP contribution < -0.4 is 5.32 Å². The van der Waals surface area contributed by atoms with Crippen LogP contribution in [0.2, 0.25) is 0 Å². The second-order valence-electron chi connectivity index (χ2n) is 7.83. The summed E-state index contributed by atoms with van der Waals surface area (Å²) in [5, 5.41) is 28.9. The smallest absolute Gasteiger partial charge is 0.407 e. The van der Waals surface area contributed by atoms with Crippen molar-refractivity contribution in [3.63, 3.8) is 0 Å². The molecule has 1 saturated carbocycles. The van der Waals surface area contributed by atoms with Crippen molar-refractivity contribution in [1.82, 2.24) is 20.1 Å². The van der Waals surface area contributed by atoms with Crippen molar-refractivity contribution in [2.45, 2.75) is 57.9 Å². The summed E-state index contributed by atoms with van der Waals surface area (Å²) in [4.78, 5) is 29.3. The van der Waals surface area contributed by atoms with Crippen LogP contribution in [0.3, 0.4) is 0 Å². The summed E-state index contributed by atoms with van der Waals surface area (Å²) in [5.41, 5.74) is 0.878. The number of aliphatic hydroxyl groups is 1. The first-order chi connectivity index (χ1) is 14.4. The van der Waals surface area contributed by atoms with Crippen LogP contribution in [0.15, 0.2) is 16.7 Å². The maximum atomic E-state index is 12.2. The minimum absolute atomic E-state index is 0.0202. The van der Waals surface area contributed by atoms with Crippen LogP contribution in [0.25, 0.3) is 0 Å². The molecule has 30 heavy (non-hydrogen) atoms. The van der Waals surface area contributed by atoms with E-state index in [1.165, 1.54) is 11.1 Å². The van der Waals surface area contributed by atoms with E-state index in [1.54, 1.807) is 13.0 Å². The molecule has 1 fully saturated rings. The zero-order valence-electron chi connectivity index (χ0n) is 17.3. The molecule has 0 saturated heterocycles. The Morgan fingerprint density at radius 3 is 2.87 bits per heavy atom. The summed E-state index contributed by atoms with van der Waals surface area (Å²) >= 11 is 0. The molecule has 1 unspecified atom stereocenters. The third-order valence-corrected chi connectivity index (χ3v) is 5.69. The van der Waals surface area contributed by atoms with Gasteiger partial charge >= 0.3 is 6.09 Å². The lowest BCUT2D eigenvalue weighted by Crippen LogP contribution is -2.41. The van der Waals surface area contributed by atoms with Crippen molar-refractivity contribution in [1.29, 1.82) is 0 Å². The Labute approximate surface area is 174 Å². The number of H-pyrrole nitrogens is 1. The predicted octanol–water partition coefficient (Wildman–Crippen LogP) is 2.52. The van der Waals surface area contributed by atoms with Crippen molar-refractivity contribution in [3.8, 4) is 0 Å². The third kappa shape index (κ3) is 5.38. The van der Waals surface area contributed by atoms with E-state index in [4.69, 9.17) is 4.42 Å². The highest BCUT2D eigenvalue weighted by molar-refractivity contribution is 5.91. The predicted molar refractivity (Wildman–Crippen MR) is 108 cm³/mol. The average Bonchev–Trinajstić information content (AvgIpc) is 3.44. The number of nitrogens with one attached hydrogen (secondary N) is 2. The molecule has 3 atom stereocenters. The number of carbonyl (C=O) groups is 2. The summed E-state index contributed by atoms with van der Waals surface area (Å²) in [6.07, 6.45) is 3.65. The van der Waals surface area contributed by atoms with Gasteiger partial charge in [-0.1, -0.05) is 6.92 Å². The molecule has 1 aliphatic rings. The maximum Gasteiger partial charge on any atom is 0.407 e. The van der Waals surface area contributed by atoms with Gasteiger partial charge in [0.2, 0.25) is 5.91 Å². The van der Waals surface area contributed by atoms with Gasteiger partial charge in [0.05, 0.1) is 12.6 Å². The summed E-state index contributed by atoms with van der Waals surface area (Å²) < 4.78 is 5.31. The fourth-order valence-electron chi connectivity index (χ4n) is 3.94. The molecule has 10 heteroatoms. The number of hydrogen-bond donors (Lipinski definition) is 4. The normalized spacial score (nSPS) is 19.6. The topological polar surface area (TPSA) is 145 Å². The maximum absolute atomic E-state index is 12.2. The van der Waals surface area contributed by atoms with E-state index in [-0.39, 0.29) is 36.8 Å². The van der Waals surface area contributed by atoms with E-state index in [1.807, 2.05) is 6.92 Å². The van der Waals surface area contributed by atoms with Crippen LogP contribution in [0, 0.1) is 12.8 Å². The zero-order chi connectivity index (χ0) is 21.7. The van der Waals surface area contributed by atoms with Crippen molar-refractivity contribution >= 4 is 17.8 Å². The molecule has 164 valence electrons. The van der Waals surface area contributed by atoms with E-state index < -0.39 is 6.09 Å². The number of amides is 2. The molecule has 0 bridgehead atoms. The summed E-state index contributed by atoms with van der Waals surface area (Å²) in [7, 11) is 0. The van der Waals surface area contributed by atoms with Gasteiger partial charge < -0.3 is 24.8 Å². The Hall–Kier alpha value is -2.88. The van der Waals surface area contributed by atoms with Gasteiger partial charge in [0.25, 0.3) is 0 Å². The van der Waals surface area contributed by atoms with Gasteiger partial charge in [-0.3, -0.25) is 9.89 Å². The van der Waals surface area contributed by atoms with Crippen LogP contribution in [-0.4, -0.2) is 61.5 Å². The van der Waals surface area contributed by atoms with Gasteiger partial charge in [0.15, 0.2) is 11.7 Å². The fourth-order valence-corrected chi connectivity index (χ4v) is 3.94. The minimum atomic E-state index is -0.951. The number of hydrogen-bond acceptors (Lipinski definition) is 6. The SMILES string of the molecule is CCC(CO)CN(C(=O)O)[C@@H]1CC[C@H](c2cc(NC(=O)Cc3cnc(C)o3)n[nH]2)C1. The van der Waals surface area contributed by atoms with Crippen LogP contribution in [-0.2, 0) is 11.2 Å². The molecule has 0 radical (unpaired) electrons. The number of oxazole rings is 1. The Morgan fingerprint density at radius 2 is 2.23 bits per heavy atom. The lowest BCUT2D eigenvalue weighted by atomic mass is 10.0. The number of nitrogens with zero attached hydrogens (tertiary/aromatic N) is 3. The Morgan fingerprint density at radius 1 is 1.43 bits per heavy atom. The van der Waals surface area contributed by atoms with Crippen LogP contribution >= 0.6 is 0 Å². The summed E-state index contributed by atoms with van der Waals surface area (Å²) in [6, 6.07) is 1.70. The average molecular weight is 419 g/mol. The van der Waals surface area contributed by atoms with E-state index in [0.29, 0.717) is 30.4 Å². The molecule has 0 aliphatic heterocycles. The molecule has 2 heterocycles. The van der Waals surface area contributed by atoms with Gasteiger partial charge in [0.1, 0.15) is 5.76 Å². The van der Waals surface area contributed by atoms with Gasteiger partial charge in [-0.25, -0.2) is 9.78 Å². The van der Waals surface area contributed by atoms with Crippen LogP contribution in [0.1, 0.15) is 55.9 Å². The molecule has 0 aromatic carbocycles. The number of carboxylic acid groups (broad SMARTS) is 1. The first-order valence-corrected chi connectivity index (χ1v) is 10.3. The Balaban J connectivity index is 1.56. The number of carbonyl (C=O) groups excluding carboxylic acids is 1. The number of aromatic nitrogens is 3. The molecule has 0 spiro atoms. The van der Waals surface area contributed by atoms with Gasteiger partial charge in [-0.05, 0) is 31.6 Å². The van der Waals surface area contributed by atoms with E-state index in [2.05, 4.69) is 20.5 Å². The van der Waals surface area contributed by atoms with Gasteiger partial charge in [0, 0.05) is 43.8 Å². The molecular weight excluding hydrogens is 390 g/mol. The Kier molecular flexibility index (Phi) is 7.09. The number of aliphatic hydroxyl groups excluding tert-OH is 1. The first-order valence-electron chi connectivity index (χ1n) is 10.3. The number of aryl methyl sites for hydroxylation is 1. The molecular formula is C20H29N5O5. The number of anilines is 1. The number of rotatable bonds is 9.